The number of nitrogens with zero attached hydrogens (tertiary/aromatic N) is 2. The van der Waals surface area contributed by atoms with E-state index in [4.69, 9.17) is 4.74 Å². The van der Waals surface area contributed by atoms with Gasteiger partial charge in [0.25, 0.3) is 5.56 Å². The monoisotopic (exact) mass is 266 g/mol. The lowest BCUT2D eigenvalue weighted by molar-refractivity contribution is 0.415. The van der Waals surface area contributed by atoms with E-state index in [0.717, 1.165) is 18.4 Å². The number of hydrogen-bond acceptors (Lipinski definition) is 3. The number of benzene rings is 1. The van der Waals surface area contributed by atoms with Crippen LogP contribution >= 0.6 is 0 Å². The Morgan fingerprint density at radius 2 is 2.15 bits per heavy atom. The first kappa shape index (κ1) is 12.5. The minimum Gasteiger partial charge on any atom is -0.497 e. The minimum atomic E-state index is -0.199. The van der Waals surface area contributed by atoms with Gasteiger partial charge in [-0.25, -0.2) is 0 Å². The summed E-state index contributed by atoms with van der Waals surface area (Å²) in [4.78, 5) is 12.3. The Kier molecular flexibility index (Phi) is 3.03. The summed E-state index contributed by atoms with van der Waals surface area (Å²) in [6, 6.07) is 11.5. The van der Waals surface area contributed by atoms with Gasteiger partial charge in [-0.05, 0) is 36.6 Å². The molecule has 3 rings (SSSR count). The molecule has 1 saturated carbocycles. The predicted molar refractivity (Wildman–Crippen MR) is 75.7 cm³/mol. The van der Waals surface area contributed by atoms with Crippen LogP contribution in [-0.2, 0) is 0 Å². The first-order chi connectivity index (χ1) is 9.74. The van der Waals surface area contributed by atoms with E-state index in [1.807, 2.05) is 36.4 Å². The molecule has 0 saturated heterocycles. The smallest absolute Gasteiger partial charge is 0.269 e. The van der Waals surface area contributed by atoms with Crippen LogP contribution in [0.3, 0.4) is 0 Å². The van der Waals surface area contributed by atoms with Crippen LogP contribution in [-0.4, -0.2) is 11.7 Å². The third kappa shape index (κ3) is 2.08. The van der Waals surface area contributed by atoms with Crippen LogP contribution in [0.25, 0.3) is 11.1 Å². The molecule has 0 radical (unpaired) electrons. The molecule has 0 amide bonds. The zero-order valence-electron chi connectivity index (χ0n) is 11.2. The van der Waals surface area contributed by atoms with Crippen molar-refractivity contribution in [3.63, 3.8) is 0 Å². The predicted octanol–water partition coefficient (Wildman–Crippen LogP) is 2.73. The topological polar surface area (TPSA) is 55.0 Å². The summed E-state index contributed by atoms with van der Waals surface area (Å²) in [5.74, 6) is 0.706. The molecule has 20 heavy (non-hydrogen) atoms. The highest BCUT2D eigenvalue weighted by molar-refractivity contribution is 5.70. The average molecular weight is 266 g/mol. The van der Waals surface area contributed by atoms with Crippen LogP contribution in [0.4, 0.5) is 0 Å². The van der Waals surface area contributed by atoms with E-state index in [1.165, 1.54) is 0 Å². The highest BCUT2D eigenvalue weighted by Crippen LogP contribution is 2.34. The van der Waals surface area contributed by atoms with E-state index in [-0.39, 0.29) is 17.2 Å². The molecule has 2 aromatic rings. The van der Waals surface area contributed by atoms with Crippen molar-refractivity contribution in [1.29, 1.82) is 5.26 Å². The first-order valence-corrected chi connectivity index (χ1v) is 6.54. The number of pyridine rings is 1. The Balaban J connectivity index is 2.16. The van der Waals surface area contributed by atoms with Crippen LogP contribution in [0.5, 0.6) is 5.75 Å². The molecule has 0 unspecified atom stereocenters. The van der Waals surface area contributed by atoms with Crippen molar-refractivity contribution in [3.8, 4) is 22.9 Å². The fourth-order valence-corrected chi connectivity index (χ4v) is 2.33. The molecule has 1 aliphatic carbocycles. The second-order valence-corrected chi connectivity index (χ2v) is 4.89. The van der Waals surface area contributed by atoms with E-state index < -0.39 is 0 Å². The summed E-state index contributed by atoms with van der Waals surface area (Å²) in [6.07, 6.45) is 3.82. The van der Waals surface area contributed by atoms with Crippen molar-refractivity contribution >= 4 is 0 Å². The van der Waals surface area contributed by atoms with Crippen molar-refractivity contribution in [1.82, 2.24) is 4.57 Å². The fraction of sp³-hybridized carbons (Fsp3) is 0.250. The van der Waals surface area contributed by atoms with Gasteiger partial charge in [0.1, 0.15) is 17.4 Å². The Morgan fingerprint density at radius 3 is 2.80 bits per heavy atom. The number of nitriles is 1. The number of hydrogen-bond donors (Lipinski definition) is 0. The molecular weight excluding hydrogens is 252 g/mol. The molecule has 1 aromatic heterocycles. The highest BCUT2D eigenvalue weighted by Gasteiger charge is 2.26. The zero-order valence-corrected chi connectivity index (χ0v) is 11.2. The van der Waals surface area contributed by atoms with Gasteiger partial charge in [-0.2, -0.15) is 5.26 Å². The summed E-state index contributed by atoms with van der Waals surface area (Å²) in [5.41, 5.74) is 1.48. The van der Waals surface area contributed by atoms with Crippen molar-refractivity contribution in [3.05, 3.63) is 52.4 Å². The van der Waals surface area contributed by atoms with Crippen molar-refractivity contribution in [2.75, 3.05) is 7.11 Å². The molecule has 0 spiro atoms. The van der Waals surface area contributed by atoms with Crippen molar-refractivity contribution < 1.29 is 4.74 Å². The maximum Gasteiger partial charge on any atom is 0.269 e. The molecule has 100 valence electrons. The van der Waals surface area contributed by atoms with Crippen molar-refractivity contribution in [2.24, 2.45) is 0 Å². The van der Waals surface area contributed by atoms with Gasteiger partial charge in [0.15, 0.2) is 0 Å². The quantitative estimate of drug-likeness (QED) is 0.858. The SMILES string of the molecule is COc1cccc(-c2ccn(C3CC3)c(=O)c2C#N)c1. The molecule has 0 N–H and O–H groups in total. The largest absolute Gasteiger partial charge is 0.497 e. The van der Waals surface area contributed by atoms with Crippen LogP contribution in [0.2, 0.25) is 0 Å². The van der Waals surface area contributed by atoms with Crippen LogP contribution in [0.1, 0.15) is 24.4 Å². The lowest BCUT2D eigenvalue weighted by Gasteiger charge is -2.09. The number of ether oxygens (including phenoxy) is 1. The van der Waals surface area contributed by atoms with Gasteiger partial charge in [0, 0.05) is 17.8 Å². The van der Waals surface area contributed by atoms with Gasteiger partial charge < -0.3 is 9.30 Å². The molecule has 1 aromatic carbocycles. The van der Waals surface area contributed by atoms with E-state index in [1.54, 1.807) is 17.9 Å². The molecule has 4 heteroatoms. The van der Waals surface area contributed by atoms with Gasteiger partial charge in [-0.15, -0.1) is 0 Å². The Hall–Kier alpha value is -2.54. The van der Waals surface area contributed by atoms with Gasteiger partial charge in [0.2, 0.25) is 0 Å². The van der Waals surface area contributed by atoms with Crippen LogP contribution in [0.15, 0.2) is 41.3 Å². The van der Waals surface area contributed by atoms with E-state index in [2.05, 4.69) is 0 Å². The van der Waals surface area contributed by atoms with Gasteiger partial charge >= 0.3 is 0 Å². The van der Waals surface area contributed by atoms with Gasteiger partial charge in [-0.3, -0.25) is 4.79 Å². The number of methoxy groups -OCH3 is 1. The molecule has 1 aliphatic rings. The summed E-state index contributed by atoms with van der Waals surface area (Å²) in [6.45, 7) is 0. The number of aromatic nitrogens is 1. The standard InChI is InChI=1S/C16H14N2O2/c1-20-13-4-2-3-11(9-13)14-7-8-18(12-5-6-12)16(19)15(14)10-17/h2-4,7-9,12H,5-6H2,1H3. The molecule has 0 atom stereocenters. The maximum absolute atomic E-state index is 12.3. The van der Waals surface area contributed by atoms with Crippen LogP contribution in [0, 0.1) is 11.3 Å². The molecule has 1 fully saturated rings. The third-order valence-electron chi connectivity index (χ3n) is 3.55. The Morgan fingerprint density at radius 1 is 1.35 bits per heavy atom. The number of rotatable bonds is 3. The maximum atomic E-state index is 12.3. The molecule has 0 bridgehead atoms. The summed E-state index contributed by atoms with van der Waals surface area (Å²) < 4.78 is 6.85. The van der Waals surface area contributed by atoms with E-state index in [0.29, 0.717) is 11.3 Å². The molecule has 4 nitrogen and oxygen atoms in total. The minimum absolute atomic E-state index is 0.199. The second kappa shape index (κ2) is 4.86. The average Bonchev–Trinajstić information content (AvgIpc) is 3.31. The van der Waals surface area contributed by atoms with Gasteiger partial charge in [-0.1, -0.05) is 12.1 Å². The zero-order chi connectivity index (χ0) is 14.1. The summed E-state index contributed by atoms with van der Waals surface area (Å²) in [5, 5.41) is 9.32. The summed E-state index contributed by atoms with van der Waals surface area (Å²) in [7, 11) is 1.59. The van der Waals surface area contributed by atoms with Crippen LogP contribution < -0.4 is 10.3 Å². The van der Waals surface area contributed by atoms with E-state index >= 15 is 0 Å². The highest BCUT2D eigenvalue weighted by atomic mass is 16.5. The first-order valence-electron chi connectivity index (χ1n) is 6.54. The summed E-state index contributed by atoms with van der Waals surface area (Å²) >= 11 is 0. The normalized spacial score (nSPS) is 13.8. The Labute approximate surface area is 116 Å². The van der Waals surface area contributed by atoms with E-state index in [9.17, 15) is 10.1 Å². The molecule has 1 heterocycles. The fourth-order valence-electron chi connectivity index (χ4n) is 2.33. The Bertz CT molecular complexity index is 752. The molecular formula is C16H14N2O2. The molecule has 0 aliphatic heterocycles. The van der Waals surface area contributed by atoms with Gasteiger partial charge in [0.05, 0.1) is 7.11 Å². The van der Waals surface area contributed by atoms with Crippen molar-refractivity contribution in [2.45, 2.75) is 18.9 Å². The lowest BCUT2D eigenvalue weighted by atomic mass is 10.0. The third-order valence-corrected chi connectivity index (χ3v) is 3.55. The second-order valence-electron chi connectivity index (χ2n) is 4.89. The lowest BCUT2D eigenvalue weighted by Crippen LogP contribution is -2.21.